The van der Waals surface area contributed by atoms with Crippen molar-refractivity contribution in [1.29, 1.82) is 0 Å². The minimum absolute atomic E-state index is 0.705. The van der Waals surface area contributed by atoms with Crippen LogP contribution in [0.4, 0.5) is 0 Å². The first kappa shape index (κ1) is 81.2. The van der Waals surface area contributed by atoms with Crippen LogP contribution in [0.3, 0.4) is 0 Å². The van der Waals surface area contributed by atoms with Gasteiger partial charge in [0.15, 0.2) is 34.2 Å². The number of nitrogens with zero attached hydrogens (tertiary/aromatic N) is 9. The number of aromatic nitrogens is 9. The molecule has 0 aliphatic heterocycles. The Morgan fingerprint density at radius 1 is 0.159 bits per heavy atom. The first-order valence-electron chi connectivity index (χ1n) is 46.3. The summed E-state index contributed by atoms with van der Waals surface area (Å²) in [5.74, 6) is 2.12. The van der Waals surface area contributed by atoms with E-state index in [9.17, 15) is 0 Å². The largest absolute Gasteiger partial charge is 0.438 e. The standard InChI is InChI=1S/3C42H27N3O/c1-4-13-28(14-5-1)33-19-12-21-37-40(33)39(42-45(37)36-20-10-11-22-38(36)46-42)31-25-23-30(24-26-31)35-27-34(29-15-6-2-7-16-29)43-41(44-35)32-17-8-3-9-18-32;1-4-13-28(14-5-1)33-20-12-22-38-40(33)45-37-21-11-10-19-34(37)39(42(45)46-38)31-25-23-30(24-26-31)36-27-35(29-15-6-2-7-16-29)43-41(44-36)32-17-8-3-9-18-32;1-4-12-28(13-5-1)33-24-25-39-38(26-33)45-37-19-11-10-18-34(37)40(42(45)46-39)31-22-20-30(21-23-31)36-27-35(29-14-6-2-7-15-29)43-41(44-36)32-16-8-3-9-17-32/h3*1-27H. The summed E-state index contributed by atoms with van der Waals surface area (Å²) >= 11 is 0. The van der Waals surface area contributed by atoms with Crippen molar-refractivity contribution in [3.05, 3.63) is 491 Å². The fourth-order valence-electron chi connectivity index (χ4n) is 19.4. The van der Waals surface area contributed by atoms with Gasteiger partial charge in [0, 0.05) is 71.8 Å². The number of para-hydroxylation sites is 5. The third-order valence-electron chi connectivity index (χ3n) is 25.9. The fourth-order valence-corrected chi connectivity index (χ4v) is 19.4. The van der Waals surface area contributed by atoms with E-state index in [0.717, 1.165) is 212 Å². The number of hydrogen-bond donors (Lipinski definition) is 0. The van der Waals surface area contributed by atoms with Crippen LogP contribution in [0.25, 0.3) is 252 Å². The van der Waals surface area contributed by atoms with Crippen LogP contribution >= 0.6 is 0 Å². The maximum Gasteiger partial charge on any atom is 0.213 e. The highest BCUT2D eigenvalue weighted by Gasteiger charge is 2.28. The lowest BCUT2D eigenvalue weighted by molar-refractivity contribution is 0.658. The molecular weight excluding hydrogens is 1690 g/mol. The molecule has 9 aromatic heterocycles. The van der Waals surface area contributed by atoms with E-state index in [0.29, 0.717) is 17.5 Å². The maximum absolute atomic E-state index is 6.67. The zero-order chi connectivity index (χ0) is 91.4. The Labute approximate surface area is 794 Å². The third kappa shape index (κ3) is 15.0. The van der Waals surface area contributed by atoms with Gasteiger partial charge in [-0.05, 0) is 111 Å². The molecular formula is C126H81N9O3. The third-order valence-corrected chi connectivity index (χ3v) is 25.9. The second-order valence-electron chi connectivity index (χ2n) is 34.3. The molecule has 0 saturated carbocycles. The Bertz CT molecular complexity index is 9010. The molecule has 0 fully saturated rings. The Balaban J connectivity index is 0.000000110. The summed E-state index contributed by atoms with van der Waals surface area (Å²) in [4.78, 5) is 29.9. The summed E-state index contributed by atoms with van der Waals surface area (Å²) in [5.41, 5.74) is 39.7. The molecule has 12 nitrogen and oxygen atoms in total. The summed E-state index contributed by atoms with van der Waals surface area (Å²) in [6.07, 6.45) is 0. The topological polar surface area (TPSA) is 130 Å². The lowest BCUT2D eigenvalue weighted by atomic mass is 9.95. The van der Waals surface area contributed by atoms with Crippen molar-refractivity contribution in [2.24, 2.45) is 0 Å². The number of rotatable bonds is 15. The van der Waals surface area contributed by atoms with Gasteiger partial charge in [0.1, 0.15) is 0 Å². The lowest BCUT2D eigenvalue weighted by Gasteiger charge is -2.10. The molecule has 0 spiro atoms. The summed E-state index contributed by atoms with van der Waals surface area (Å²) in [5, 5.41) is 3.48. The normalized spacial score (nSPS) is 11.5. The van der Waals surface area contributed by atoms with Crippen LogP contribution in [0.5, 0.6) is 0 Å². The van der Waals surface area contributed by atoms with Crippen molar-refractivity contribution in [2.45, 2.75) is 0 Å². The molecule has 0 unspecified atom stereocenters. The molecule has 0 aliphatic carbocycles. The van der Waals surface area contributed by atoms with Gasteiger partial charge >= 0.3 is 0 Å². The van der Waals surface area contributed by atoms with Crippen molar-refractivity contribution < 1.29 is 13.3 Å². The maximum atomic E-state index is 6.67. The van der Waals surface area contributed by atoms with Crippen LogP contribution in [-0.2, 0) is 0 Å². The summed E-state index contributed by atoms with van der Waals surface area (Å²) in [6, 6.07) is 170. The van der Waals surface area contributed by atoms with E-state index < -0.39 is 0 Å². The van der Waals surface area contributed by atoms with Crippen molar-refractivity contribution in [2.75, 3.05) is 0 Å². The molecule has 27 aromatic rings. The van der Waals surface area contributed by atoms with Gasteiger partial charge in [-0.25, -0.2) is 29.9 Å². The van der Waals surface area contributed by atoms with Crippen LogP contribution in [0.2, 0.25) is 0 Å². The molecule has 27 rings (SSSR count). The molecule has 0 bridgehead atoms. The van der Waals surface area contributed by atoms with Crippen molar-refractivity contribution in [3.63, 3.8) is 0 Å². The van der Waals surface area contributed by atoms with E-state index in [1.165, 1.54) is 22.1 Å². The average Bonchev–Trinajstić information content (AvgIpc) is 1.57. The minimum atomic E-state index is 0.705. The molecule has 138 heavy (non-hydrogen) atoms. The van der Waals surface area contributed by atoms with E-state index in [1.807, 2.05) is 133 Å². The molecule has 9 heterocycles. The molecule has 18 aromatic carbocycles. The van der Waals surface area contributed by atoms with Gasteiger partial charge in [-0.1, -0.05) is 425 Å². The van der Waals surface area contributed by atoms with Crippen LogP contribution in [-0.4, -0.2) is 43.1 Å². The van der Waals surface area contributed by atoms with Crippen LogP contribution < -0.4 is 0 Å². The summed E-state index contributed by atoms with van der Waals surface area (Å²) < 4.78 is 26.7. The molecule has 0 radical (unpaired) electrons. The summed E-state index contributed by atoms with van der Waals surface area (Å²) in [7, 11) is 0. The highest BCUT2D eigenvalue weighted by molar-refractivity contribution is 6.14. The molecule has 0 amide bonds. The molecule has 0 aliphatic rings. The van der Waals surface area contributed by atoms with E-state index in [2.05, 4.69) is 371 Å². The second kappa shape index (κ2) is 35.1. The Hall–Kier alpha value is -18.8. The lowest BCUT2D eigenvalue weighted by Crippen LogP contribution is -1.95. The van der Waals surface area contributed by atoms with E-state index in [4.69, 9.17) is 43.2 Å². The van der Waals surface area contributed by atoms with Gasteiger partial charge in [-0.2, -0.15) is 0 Å². The molecule has 0 N–H and O–H groups in total. The number of oxazole rings is 3. The Morgan fingerprint density at radius 2 is 0.435 bits per heavy atom. The van der Waals surface area contributed by atoms with Crippen LogP contribution in [0, 0.1) is 0 Å². The summed E-state index contributed by atoms with van der Waals surface area (Å²) in [6.45, 7) is 0. The quantitative estimate of drug-likeness (QED) is 0.0985. The minimum Gasteiger partial charge on any atom is -0.438 e. The van der Waals surface area contributed by atoms with Gasteiger partial charge in [0.25, 0.3) is 0 Å². The van der Waals surface area contributed by atoms with Gasteiger partial charge < -0.3 is 13.3 Å². The Kier molecular flexibility index (Phi) is 20.6. The highest BCUT2D eigenvalue weighted by Crippen LogP contribution is 2.48. The number of fused-ring (bicyclic) bond motifs is 15. The fraction of sp³-hybridized carbons (Fsp3) is 0. The number of benzene rings is 18. The molecule has 0 saturated heterocycles. The predicted octanol–water partition coefficient (Wildman–Crippen LogP) is 32.9. The molecule has 12 heteroatoms. The molecule has 0 atom stereocenters. The molecule has 648 valence electrons. The Morgan fingerprint density at radius 3 is 0.870 bits per heavy atom. The smallest absolute Gasteiger partial charge is 0.213 e. The van der Waals surface area contributed by atoms with Gasteiger partial charge in [-0.3, -0.25) is 13.2 Å². The zero-order valence-corrected chi connectivity index (χ0v) is 74.5. The monoisotopic (exact) mass is 1770 g/mol. The first-order valence-corrected chi connectivity index (χ1v) is 46.3. The highest BCUT2D eigenvalue weighted by atomic mass is 16.4. The van der Waals surface area contributed by atoms with Crippen LogP contribution in [0.1, 0.15) is 0 Å². The van der Waals surface area contributed by atoms with E-state index in [-0.39, 0.29) is 0 Å². The first-order chi connectivity index (χ1) is 68.4. The van der Waals surface area contributed by atoms with Crippen molar-refractivity contribution >= 4 is 83.1 Å². The van der Waals surface area contributed by atoms with Gasteiger partial charge in [0.05, 0.1) is 84.0 Å². The van der Waals surface area contributed by atoms with E-state index in [1.54, 1.807) is 0 Å². The van der Waals surface area contributed by atoms with Crippen molar-refractivity contribution in [3.8, 4) is 168 Å². The van der Waals surface area contributed by atoms with E-state index >= 15 is 0 Å². The number of hydrogen-bond acceptors (Lipinski definition) is 9. The predicted molar refractivity (Wildman–Crippen MR) is 562 cm³/mol. The van der Waals surface area contributed by atoms with Crippen LogP contribution in [0.15, 0.2) is 505 Å². The zero-order valence-electron chi connectivity index (χ0n) is 74.5. The SMILES string of the molecule is c1ccc(-c2cc(-c3ccc(-c4c5c(-c6ccccc6)cccc5n5c4oc4ccccc45)cc3)nc(-c3ccccc3)n2)cc1.c1ccc(-c2cc(-c3ccc(-c4c5ccccc5n5c4oc4cccc(-c6ccccc6)c45)cc3)nc(-c3ccccc3)n2)cc1.c1ccc(-c2ccc3oc4c(-c5ccc(-c6cc(-c7ccccc7)nc(-c7ccccc7)n6)cc5)c5ccccc5n4c3c2)cc1. The average molecular weight is 1770 g/mol. The van der Waals surface area contributed by atoms with Gasteiger partial charge in [-0.15, -0.1) is 0 Å². The van der Waals surface area contributed by atoms with Gasteiger partial charge in [0.2, 0.25) is 17.1 Å². The second-order valence-corrected chi connectivity index (χ2v) is 34.3. The van der Waals surface area contributed by atoms with Crippen molar-refractivity contribution in [1.82, 2.24) is 43.1 Å².